The van der Waals surface area contributed by atoms with E-state index in [1.54, 1.807) is 6.07 Å². The molecule has 0 saturated heterocycles. The number of benzene rings is 1. The molecule has 0 aliphatic rings. The van der Waals surface area contributed by atoms with Gasteiger partial charge in [-0.1, -0.05) is 19.9 Å². The second-order valence-electron chi connectivity index (χ2n) is 3.92. The average molecular weight is 241 g/mol. The molecule has 1 aromatic carbocycles. The number of rotatable bonds is 7. The predicted octanol–water partition coefficient (Wildman–Crippen LogP) is 2.08. The van der Waals surface area contributed by atoms with Crippen LogP contribution in [0.5, 0.6) is 5.75 Å². The molecule has 0 radical (unpaired) electrons. The van der Waals surface area contributed by atoms with Crippen LogP contribution in [0.25, 0.3) is 0 Å². The van der Waals surface area contributed by atoms with Gasteiger partial charge in [-0.2, -0.15) is 0 Å². The quantitative estimate of drug-likeness (QED) is 0.768. The van der Waals surface area contributed by atoms with E-state index in [-0.39, 0.29) is 18.2 Å². The Hall–Kier alpha value is -1.13. The molecule has 1 unspecified atom stereocenters. The summed E-state index contributed by atoms with van der Waals surface area (Å²) in [6.07, 6.45) is 0.0518. The van der Waals surface area contributed by atoms with E-state index in [0.717, 1.165) is 12.1 Å². The van der Waals surface area contributed by atoms with E-state index in [4.69, 9.17) is 4.74 Å². The van der Waals surface area contributed by atoms with Crippen LogP contribution in [0.3, 0.4) is 0 Å². The Kier molecular flexibility index (Phi) is 5.94. The second-order valence-corrected chi connectivity index (χ2v) is 3.92. The van der Waals surface area contributed by atoms with Crippen LogP contribution in [0.2, 0.25) is 0 Å². The van der Waals surface area contributed by atoms with Gasteiger partial charge in [0.1, 0.15) is 6.61 Å². The highest BCUT2D eigenvalue weighted by Gasteiger charge is 2.07. The monoisotopic (exact) mass is 241 g/mol. The third-order valence-corrected chi connectivity index (χ3v) is 2.48. The normalized spacial score (nSPS) is 12.5. The van der Waals surface area contributed by atoms with Crippen molar-refractivity contribution in [1.29, 1.82) is 0 Å². The minimum atomic E-state index is -0.546. The molecule has 0 saturated carbocycles. The molecule has 0 heterocycles. The fourth-order valence-electron chi connectivity index (χ4n) is 1.34. The average Bonchev–Trinajstić information content (AvgIpc) is 2.34. The minimum absolute atomic E-state index is 0.125. The van der Waals surface area contributed by atoms with Crippen molar-refractivity contribution in [1.82, 2.24) is 5.32 Å². The van der Waals surface area contributed by atoms with Crippen LogP contribution in [0, 0.1) is 5.82 Å². The number of hydrogen-bond acceptors (Lipinski definition) is 3. The molecule has 0 aromatic heterocycles. The van der Waals surface area contributed by atoms with Crippen molar-refractivity contribution in [2.24, 2.45) is 0 Å². The highest BCUT2D eigenvalue weighted by atomic mass is 19.1. The molecule has 96 valence electrons. The molecule has 0 fully saturated rings. The van der Waals surface area contributed by atoms with Crippen LogP contribution in [0.15, 0.2) is 18.2 Å². The number of ether oxygens (including phenoxy) is 1. The van der Waals surface area contributed by atoms with Gasteiger partial charge in [-0.25, -0.2) is 4.39 Å². The molecule has 0 spiro atoms. The maximum absolute atomic E-state index is 13.6. The van der Waals surface area contributed by atoms with Crippen LogP contribution in [0.1, 0.15) is 25.8 Å². The van der Waals surface area contributed by atoms with Gasteiger partial charge in [0, 0.05) is 6.54 Å². The van der Waals surface area contributed by atoms with Crippen molar-refractivity contribution in [3.05, 3.63) is 29.6 Å². The van der Waals surface area contributed by atoms with Crippen molar-refractivity contribution in [3.63, 3.8) is 0 Å². The zero-order valence-corrected chi connectivity index (χ0v) is 10.4. The summed E-state index contributed by atoms with van der Waals surface area (Å²) in [7, 11) is 0. The summed E-state index contributed by atoms with van der Waals surface area (Å²) in [6.45, 7) is 5.47. The van der Waals surface area contributed by atoms with Crippen molar-refractivity contribution in [2.45, 2.75) is 32.9 Å². The predicted molar refractivity (Wildman–Crippen MR) is 65.6 cm³/mol. The van der Waals surface area contributed by atoms with Gasteiger partial charge in [-0.3, -0.25) is 0 Å². The van der Waals surface area contributed by atoms with Gasteiger partial charge in [-0.05, 0) is 30.7 Å². The molecule has 1 atom stereocenters. The maximum atomic E-state index is 13.6. The van der Waals surface area contributed by atoms with Gasteiger partial charge in [0.25, 0.3) is 0 Å². The van der Waals surface area contributed by atoms with E-state index < -0.39 is 6.10 Å². The minimum Gasteiger partial charge on any atom is -0.488 e. The number of aliphatic hydroxyl groups excluding tert-OH is 1. The van der Waals surface area contributed by atoms with E-state index in [1.165, 1.54) is 6.07 Å². The van der Waals surface area contributed by atoms with E-state index in [9.17, 15) is 9.50 Å². The number of halogens is 1. The molecule has 0 aliphatic heterocycles. The maximum Gasteiger partial charge on any atom is 0.165 e. The Morgan fingerprint density at radius 1 is 1.41 bits per heavy atom. The molecule has 2 N–H and O–H groups in total. The fraction of sp³-hybridized carbons (Fsp3) is 0.538. The number of nitrogens with one attached hydrogen (secondary N) is 1. The van der Waals surface area contributed by atoms with E-state index in [2.05, 4.69) is 5.32 Å². The molecule has 1 aromatic rings. The summed E-state index contributed by atoms with van der Waals surface area (Å²) in [6, 6.07) is 4.88. The first kappa shape index (κ1) is 13.9. The van der Waals surface area contributed by atoms with E-state index in [1.807, 2.05) is 19.9 Å². The summed E-state index contributed by atoms with van der Waals surface area (Å²) in [5.41, 5.74) is 0.882. The molecule has 0 amide bonds. The highest BCUT2D eigenvalue weighted by Crippen LogP contribution is 2.18. The van der Waals surface area contributed by atoms with Crippen molar-refractivity contribution in [2.75, 3.05) is 13.2 Å². The Morgan fingerprint density at radius 2 is 2.18 bits per heavy atom. The van der Waals surface area contributed by atoms with Crippen LogP contribution in [-0.2, 0) is 6.54 Å². The van der Waals surface area contributed by atoms with Gasteiger partial charge in [0.2, 0.25) is 0 Å². The van der Waals surface area contributed by atoms with Crippen molar-refractivity contribution < 1.29 is 14.2 Å². The second kappa shape index (κ2) is 7.25. The molecule has 17 heavy (non-hydrogen) atoms. The lowest BCUT2D eigenvalue weighted by Crippen LogP contribution is -2.16. The topological polar surface area (TPSA) is 41.5 Å². The lowest BCUT2D eigenvalue weighted by molar-refractivity contribution is 0.102. The van der Waals surface area contributed by atoms with Crippen LogP contribution in [0.4, 0.5) is 4.39 Å². The Bertz CT molecular complexity index is 344. The standard InChI is InChI=1S/C13H20FNO2/c1-3-11(16)9-17-13-6-5-10(7-12(13)14)8-15-4-2/h5-7,11,15-16H,3-4,8-9H2,1-2H3. The highest BCUT2D eigenvalue weighted by molar-refractivity contribution is 5.29. The summed E-state index contributed by atoms with van der Waals surface area (Å²) in [4.78, 5) is 0. The van der Waals surface area contributed by atoms with Crippen LogP contribution in [-0.4, -0.2) is 24.4 Å². The van der Waals surface area contributed by atoms with E-state index in [0.29, 0.717) is 13.0 Å². The largest absolute Gasteiger partial charge is 0.488 e. The third-order valence-electron chi connectivity index (χ3n) is 2.48. The molecule has 1 rings (SSSR count). The van der Waals surface area contributed by atoms with Gasteiger partial charge in [0.05, 0.1) is 6.10 Å². The first-order valence-electron chi connectivity index (χ1n) is 5.97. The summed E-state index contributed by atoms with van der Waals surface area (Å²) in [5, 5.41) is 12.4. The zero-order valence-electron chi connectivity index (χ0n) is 10.4. The van der Waals surface area contributed by atoms with Gasteiger partial charge in [0.15, 0.2) is 11.6 Å². The van der Waals surface area contributed by atoms with Crippen molar-refractivity contribution >= 4 is 0 Å². The zero-order chi connectivity index (χ0) is 12.7. The lowest BCUT2D eigenvalue weighted by atomic mass is 10.2. The van der Waals surface area contributed by atoms with Crippen LogP contribution < -0.4 is 10.1 Å². The molecule has 3 nitrogen and oxygen atoms in total. The summed E-state index contributed by atoms with van der Waals surface area (Å²) in [5.74, 6) is -0.193. The molecule has 0 bridgehead atoms. The first-order valence-corrected chi connectivity index (χ1v) is 5.97. The molecular formula is C13H20FNO2. The van der Waals surface area contributed by atoms with Gasteiger partial charge in [-0.15, -0.1) is 0 Å². The molecule has 4 heteroatoms. The Morgan fingerprint density at radius 3 is 2.76 bits per heavy atom. The van der Waals surface area contributed by atoms with Crippen molar-refractivity contribution in [3.8, 4) is 5.75 Å². The van der Waals surface area contributed by atoms with E-state index >= 15 is 0 Å². The Labute approximate surface area is 102 Å². The van der Waals surface area contributed by atoms with Gasteiger partial charge >= 0.3 is 0 Å². The lowest BCUT2D eigenvalue weighted by Gasteiger charge is -2.11. The fourth-order valence-corrected chi connectivity index (χ4v) is 1.34. The summed E-state index contributed by atoms with van der Waals surface area (Å²) >= 11 is 0. The first-order chi connectivity index (χ1) is 8.17. The molecular weight excluding hydrogens is 221 g/mol. The SMILES string of the molecule is CCNCc1ccc(OCC(O)CC)c(F)c1. The van der Waals surface area contributed by atoms with Gasteiger partial charge < -0.3 is 15.2 Å². The summed E-state index contributed by atoms with van der Waals surface area (Å²) < 4.78 is 18.8. The Balaban J connectivity index is 2.56. The smallest absolute Gasteiger partial charge is 0.165 e. The number of aliphatic hydroxyl groups is 1. The molecule has 0 aliphatic carbocycles. The number of hydrogen-bond donors (Lipinski definition) is 2. The third kappa shape index (κ3) is 4.71. The van der Waals surface area contributed by atoms with Crippen LogP contribution >= 0.6 is 0 Å².